The maximum Gasteiger partial charge on any atom is 0.229 e. The largest absolute Gasteiger partial charge is 0.300 e. The average molecular weight is 410 g/mol. The second kappa shape index (κ2) is 8.97. The Balaban J connectivity index is 1.52. The van der Waals surface area contributed by atoms with E-state index in [0.29, 0.717) is 20.1 Å². The number of aryl methyl sites for hydroxylation is 1. The van der Waals surface area contributed by atoms with Crippen LogP contribution in [-0.4, -0.2) is 27.6 Å². The first-order valence-corrected chi connectivity index (χ1v) is 10.8. The number of benzene rings is 1. The normalized spacial score (nSPS) is 15.0. The Bertz CT molecular complexity index is 803. The fourth-order valence-electron chi connectivity index (χ4n) is 2.92. The van der Waals surface area contributed by atoms with Crippen molar-refractivity contribution < 1.29 is 9.59 Å². The Morgan fingerprint density at radius 2 is 2.04 bits per heavy atom. The first kappa shape index (κ1) is 19.3. The SMILES string of the molecule is Cc1cc(C(=O)CSc2nnc(NC(=O)C3CCCCC3)s2)ccc1Cl. The number of ketones is 1. The van der Waals surface area contributed by atoms with Gasteiger partial charge in [0.2, 0.25) is 11.0 Å². The fraction of sp³-hybridized carbons (Fsp3) is 0.444. The molecule has 138 valence electrons. The summed E-state index contributed by atoms with van der Waals surface area (Å²) in [7, 11) is 0. The van der Waals surface area contributed by atoms with Gasteiger partial charge in [0.1, 0.15) is 0 Å². The summed E-state index contributed by atoms with van der Waals surface area (Å²) >= 11 is 8.62. The molecule has 1 heterocycles. The van der Waals surface area contributed by atoms with Crippen LogP contribution < -0.4 is 5.32 Å². The summed E-state index contributed by atoms with van der Waals surface area (Å²) in [4.78, 5) is 24.5. The van der Waals surface area contributed by atoms with E-state index in [0.717, 1.165) is 31.2 Å². The first-order valence-electron chi connectivity index (χ1n) is 8.59. The van der Waals surface area contributed by atoms with E-state index in [9.17, 15) is 9.59 Å². The van der Waals surface area contributed by atoms with E-state index in [-0.39, 0.29) is 23.4 Å². The number of anilines is 1. The quantitative estimate of drug-likeness (QED) is 0.413. The third-order valence-electron chi connectivity index (χ3n) is 4.42. The Kier molecular flexibility index (Phi) is 6.67. The number of amides is 1. The monoisotopic (exact) mass is 409 g/mol. The van der Waals surface area contributed by atoms with Crippen LogP contribution in [-0.2, 0) is 4.79 Å². The highest BCUT2D eigenvalue weighted by molar-refractivity contribution is 8.01. The smallest absolute Gasteiger partial charge is 0.229 e. The number of rotatable bonds is 6. The molecule has 0 bridgehead atoms. The molecule has 26 heavy (non-hydrogen) atoms. The van der Waals surface area contributed by atoms with Crippen molar-refractivity contribution in [2.45, 2.75) is 43.4 Å². The van der Waals surface area contributed by atoms with Crippen LogP contribution in [0, 0.1) is 12.8 Å². The van der Waals surface area contributed by atoms with Gasteiger partial charge in [0, 0.05) is 16.5 Å². The molecule has 1 aliphatic rings. The summed E-state index contributed by atoms with van der Waals surface area (Å²) in [6, 6.07) is 5.26. The molecule has 0 saturated heterocycles. The van der Waals surface area contributed by atoms with E-state index in [1.165, 1.54) is 29.5 Å². The molecule has 8 heteroatoms. The molecule has 1 aromatic carbocycles. The van der Waals surface area contributed by atoms with Crippen molar-refractivity contribution in [3.05, 3.63) is 34.3 Å². The number of aromatic nitrogens is 2. The lowest BCUT2D eigenvalue weighted by atomic mass is 9.89. The molecule has 1 fully saturated rings. The molecule has 0 unspecified atom stereocenters. The Morgan fingerprint density at radius 1 is 1.27 bits per heavy atom. The highest BCUT2D eigenvalue weighted by atomic mass is 35.5. The second-order valence-electron chi connectivity index (χ2n) is 6.37. The lowest BCUT2D eigenvalue weighted by Gasteiger charge is -2.19. The number of Topliss-reactive ketones (excluding diaryl/α,β-unsaturated/α-hetero) is 1. The van der Waals surface area contributed by atoms with Gasteiger partial charge in [-0.25, -0.2) is 0 Å². The minimum atomic E-state index is 0.0118. The predicted octanol–water partition coefficient (Wildman–Crippen LogP) is 4.99. The van der Waals surface area contributed by atoms with Gasteiger partial charge >= 0.3 is 0 Å². The van der Waals surface area contributed by atoms with Gasteiger partial charge in [0.25, 0.3) is 0 Å². The number of hydrogen-bond acceptors (Lipinski definition) is 6. The summed E-state index contributed by atoms with van der Waals surface area (Å²) in [6.45, 7) is 1.87. The van der Waals surface area contributed by atoms with Crippen molar-refractivity contribution in [1.29, 1.82) is 0 Å². The highest BCUT2D eigenvalue weighted by Gasteiger charge is 2.22. The van der Waals surface area contributed by atoms with Crippen molar-refractivity contribution in [3.63, 3.8) is 0 Å². The Morgan fingerprint density at radius 3 is 2.77 bits per heavy atom. The molecule has 1 aliphatic carbocycles. The zero-order chi connectivity index (χ0) is 18.5. The van der Waals surface area contributed by atoms with Crippen molar-refractivity contribution in [2.75, 3.05) is 11.1 Å². The Hall–Kier alpha value is -1.44. The van der Waals surface area contributed by atoms with Crippen molar-refractivity contribution in [3.8, 4) is 0 Å². The number of carbonyl (C=O) groups excluding carboxylic acids is 2. The lowest BCUT2D eigenvalue weighted by molar-refractivity contribution is -0.120. The molecule has 1 N–H and O–H groups in total. The number of thioether (sulfide) groups is 1. The van der Waals surface area contributed by atoms with Crippen molar-refractivity contribution in [1.82, 2.24) is 10.2 Å². The van der Waals surface area contributed by atoms with Gasteiger partial charge < -0.3 is 5.32 Å². The standard InChI is InChI=1S/C18H20ClN3O2S2/c1-11-9-13(7-8-14(11)19)15(23)10-25-18-22-21-17(26-18)20-16(24)12-5-3-2-4-6-12/h7-9,12H,2-6,10H2,1H3,(H,20,21,24). The Labute approximate surface area is 165 Å². The molecule has 1 aromatic heterocycles. The van der Waals surface area contributed by atoms with Crippen LogP contribution in [0.5, 0.6) is 0 Å². The van der Waals surface area contributed by atoms with E-state index in [1.54, 1.807) is 18.2 Å². The number of carbonyl (C=O) groups is 2. The molecular formula is C18H20ClN3O2S2. The van der Waals surface area contributed by atoms with Crippen LogP contribution >= 0.6 is 34.7 Å². The average Bonchev–Trinajstić information content (AvgIpc) is 3.10. The van der Waals surface area contributed by atoms with E-state index in [1.807, 2.05) is 6.92 Å². The molecule has 5 nitrogen and oxygen atoms in total. The van der Waals surface area contributed by atoms with Crippen LogP contribution in [0.3, 0.4) is 0 Å². The van der Waals surface area contributed by atoms with E-state index in [4.69, 9.17) is 11.6 Å². The van der Waals surface area contributed by atoms with E-state index >= 15 is 0 Å². The third kappa shape index (κ3) is 5.05. The summed E-state index contributed by atoms with van der Waals surface area (Å²) in [5, 5.41) is 12.1. The zero-order valence-electron chi connectivity index (χ0n) is 14.5. The molecule has 0 spiro atoms. The summed E-state index contributed by atoms with van der Waals surface area (Å²) in [5.74, 6) is 0.396. The van der Waals surface area contributed by atoms with Crippen LogP contribution in [0.15, 0.2) is 22.5 Å². The minimum absolute atomic E-state index is 0.0118. The minimum Gasteiger partial charge on any atom is -0.300 e. The van der Waals surface area contributed by atoms with Crippen LogP contribution in [0.25, 0.3) is 0 Å². The molecule has 3 rings (SSSR count). The van der Waals surface area contributed by atoms with Gasteiger partial charge in [-0.2, -0.15) is 0 Å². The highest BCUT2D eigenvalue weighted by Crippen LogP contribution is 2.29. The molecule has 0 radical (unpaired) electrons. The second-order valence-corrected chi connectivity index (χ2v) is 8.98. The fourth-order valence-corrected chi connectivity index (χ4v) is 4.69. The van der Waals surface area contributed by atoms with E-state index in [2.05, 4.69) is 15.5 Å². The maximum atomic E-state index is 12.3. The summed E-state index contributed by atoms with van der Waals surface area (Å²) in [6.07, 6.45) is 5.33. The van der Waals surface area contributed by atoms with Crippen LogP contribution in [0.4, 0.5) is 5.13 Å². The van der Waals surface area contributed by atoms with Crippen LogP contribution in [0.1, 0.15) is 48.0 Å². The van der Waals surface area contributed by atoms with Gasteiger partial charge in [0.15, 0.2) is 10.1 Å². The molecule has 0 atom stereocenters. The van der Waals surface area contributed by atoms with Crippen molar-refractivity contribution >= 4 is 51.5 Å². The molecule has 1 saturated carbocycles. The topological polar surface area (TPSA) is 72.0 Å². The number of nitrogens with one attached hydrogen (secondary N) is 1. The summed E-state index contributed by atoms with van der Waals surface area (Å²) < 4.78 is 0.669. The first-order chi connectivity index (χ1) is 12.5. The zero-order valence-corrected chi connectivity index (χ0v) is 16.8. The van der Waals surface area contributed by atoms with Crippen molar-refractivity contribution in [2.24, 2.45) is 5.92 Å². The molecule has 0 aliphatic heterocycles. The number of nitrogens with zero attached hydrogens (tertiary/aromatic N) is 2. The van der Waals surface area contributed by atoms with Crippen LogP contribution in [0.2, 0.25) is 5.02 Å². The maximum absolute atomic E-state index is 12.3. The van der Waals surface area contributed by atoms with Gasteiger partial charge in [-0.1, -0.05) is 54.0 Å². The molecule has 1 amide bonds. The van der Waals surface area contributed by atoms with Gasteiger partial charge in [0.05, 0.1) is 5.75 Å². The molecule has 2 aromatic rings. The predicted molar refractivity (Wildman–Crippen MR) is 106 cm³/mol. The van der Waals surface area contributed by atoms with E-state index < -0.39 is 0 Å². The molecular weight excluding hydrogens is 390 g/mol. The number of halogens is 1. The third-order valence-corrected chi connectivity index (χ3v) is 6.82. The van der Waals surface area contributed by atoms with Gasteiger partial charge in [-0.15, -0.1) is 10.2 Å². The lowest BCUT2D eigenvalue weighted by Crippen LogP contribution is -2.24. The van der Waals surface area contributed by atoms with Gasteiger partial charge in [-0.3, -0.25) is 9.59 Å². The number of hydrogen-bond donors (Lipinski definition) is 1. The van der Waals surface area contributed by atoms with Gasteiger partial charge in [-0.05, 0) is 43.5 Å². The summed E-state index contributed by atoms with van der Waals surface area (Å²) in [5.41, 5.74) is 1.51.